The molecule has 0 spiro atoms. The molecular weight excluding hydrogens is 288 g/mol. The second-order valence-electron chi connectivity index (χ2n) is 4.34. The topological polar surface area (TPSA) is 79.3 Å². The van der Waals surface area contributed by atoms with Gasteiger partial charge in [0.15, 0.2) is 0 Å². The van der Waals surface area contributed by atoms with Crippen LogP contribution in [-0.4, -0.2) is 22.0 Å². The summed E-state index contributed by atoms with van der Waals surface area (Å²) in [6.07, 6.45) is 3.91. The van der Waals surface area contributed by atoms with Crippen LogP contribution >= 0.6 is 11.3 Å². The molecule has 0 radical (unpaired) electrons. The molecule has 0 atom stereocenters. The molecule has 5 nitrogen and oxygen atoms in total. The number of carboxylic acids is 1. The zero-order valence-electron chi connectivity index (χ0n) is 11.4. The van der Waals surface area contributed by atoms with Gasteiger partial charge in [0.05, 0.1) is 6.54 Å². The molecule has 6 heteroatoms. The van der Waals surface area contributed by atoms with Crippen LogP contribution in [0.3, 0.4) is 0 Å². The fraction of sp³-hybridized carbons (Fsp3) is 0.133. The fourth-order valence-corrected chi connectivity index (χ4v) is 2.47. The molecule has 2 N–H and O–H groups in total. The van der Waals surface area contributed by atoms with E-state index in [2.05, 4.69) is 10.3 Å². The minimum atomic E-state index is -1.02. The van der Waals surface area contributed by atoms with Crippen LogP contribution in [0.15, 0.2) is 36.5 Å². The number of carbonyl (C=O) groups is 2. The van der Waals surface area contributed by atoms with Gasteiger partial charge in [0.1, 0.15) is 5.69 Å². The maximum atomic E-state index is 11.9. The maximum absolute atomic E-state index is 11.9. The first-order valence-electron chi connectivity index (χ1n) is 6.25. The van der Waals surface area contributed by atoms with Gasteiger partial charge < -0.3 is 10.4 Å². The highest BCUT2D eigenvalue weighted by atomic mass is 32.1. The van der Waals surface area contributed by atoms with Gasteiger partial charge >= 0.3 is 5.97 Å². The summed E-state index contributed by atoms with van der Waals surface area (Å²) >= 11 is 1.64. The molecule has 2 heterocycles. The van der Waals surface area contributed by atoms with Crippen molar-refractivity contribution in [1.29, 1.82) is 0 Å². The number of pyridine rings is 1. The Balaban J connectivity index is 1.95. The quantitative estimate of drug-likeness (QED) is 0.832. The lowest BCUT2D eigenvalue weighted by Gasteiger charge is -2.03. The van der Waals surface area contributed by atoms with Crippen LogP contribution in [0.25, 0.3) is 6.08 Å². The monoisotopic (exact) mass is 302 g/mol. The van der Waals surface area contributed by atoms with Gasteiger partial charge in [0.2, 0.25) is 0 Å². The molecule has 0 aliphatic rings. The first-order chi connectivity index (χ1) is 10.0. The summed E-state index contributed by atoms with van der Waals surface area (Å²) in [5.41, 5.74) is 0.929. The number of carbonyl (C=O) groups excluding carboxylic acids is 1. The van der Waals surface area contributed by atoms with E-state index >= 15 is 0 Å². The summed E-state index contributed by atoms with van der Waals surface area (Å²) in [7, 11) is 0. The van der Waals surface area contributed by atoms with E-state index in [0.717, 1.165) is 11.0 Å². The van der Waals surface area contributed by atoms with Crippen molar-refractivity contribution in [2.24, 2.45) is 0 Å². The minimum Gasteiger partial charge on any atom is -0.478 e. The summed E-state index contributed by atoms with van der Waals surface area (Å²) in [4.78, 5) is 28.6. The summed E-state index contributed by atoms with van der Waals surface area (Å²) in [6.45, 7) is 2.49. The second-order valence-corrected chi connectivity index (χ2v) is 5.72. The minimum absolute atomic E-state index is 0.255. The van der Waals surface area contributed by atoms with Crippen LogP contribution in [0.5, 0.6) is 0 Å². The van der Waals surface area contributed by atoms with E-state index in [-0.39, 0.29) is 5.91 Å². The molecule has 0 fully saturated rings. The Bertz CT molecular complexity index is 674. The van der Waals surface area contributed by atoms with Crippen molar-refractivity contribution in [2.45, 2.75) is 13.5 Å². The molecule has 108 valence electrons. The number of hydrogen-bond donors (Lipinski definition) is 2. The van der Waals surface area contributed by atoms with Gasteiger partial charge in [-0.1, -0.05) is 6.07 Å². The molecule has 21 heavy (non-hydrogen) atoms. The highest BCUT2D eigenvalue weighted by molar-refractivity contribution is 7.11. The summed E-state index contributed by atoms with van der Waals surface area (Å²) in [6, 6.07) is 7.20. The third-order valence-corrected chi connectivity index (χ3v) is 3.66. The van der Waals surface area contributed by atoms with Gasteiger partial charge in [-0.3, -0.25) is 9.78 Å². The highest BCUT2D eigenvalue weighted by Crippen LogP contribution is 2.14. The molecule has 2 rings (SSSR count). The lowest BCUT2D eigenvalue weighted by molar-refractivity contribution is -0.131. The van der Waals surface area contributed by atoms with Gasteiger partial charge in [-0.2, -0.15) is 0 Å². The van der Waals surface area contributed by atoms with Gasteiger partial charge in [0, 0.05) is 22.0 Å². The summed E-state index contributed by atoms with van der Waals surface area (Å²) < 4.78 is 0. The molecule has 0 bridgehead atoms. The van der Waals surface area contributed by atoms with Crippen LogP contribution in [0.4, 0.5) is 0 Å². The Labute approximate surface area is 126 Å². The summed E-state index contributed by atoms with van der Waals surface area (Å²) in [5, 5.41) is 11.3. The number of rotatable bonds is 5. The Hall–Kier alpha value is -2.47. The van der Waals surface area contributed by atoms with Gasteiger partial charge in [-0.05, 0) is 36.8 Å². The second kappa shape index (κ2) is 6.81. The molecule has 2 aromatic heterocycles. The third kappa shape index (κ3) is 4.54. The molecular formula is C15H14N2O3S. The van der Waals surface area contributed by atoms with Crippen LogP contribution in [0.1, 0.15) is 25.8 Å². The van der Waals surface area contributed by atoms with Crippen LogP contribution in [0.2, 0.25) is 0 Å². The first kappa shape index (κ1) is 14.9. The summed E-state index contributed by atoms with van der Waals surface area (Å²) in [5.74, 6) is -1.28. The van der Waals surface area contributed by atoms with Crippen LogP contribution < -0.4 is 5.32 Å². The highest BCUT2D eigenvalue weighted by Gasteiger charge is 2.07. The van der Waals surface area contributed by atoms with E-state index in [1.165, 1.54) is 17.2 Å². The first-order valence-corrected chi connectivity index (χ1v) is 7.07. The van der Waals surface area contributed by atoms with E-state index in [1.807, 2.05) is 19.1 Å². The van der Waals surface area contributed by atoms with Crippen molar-refractivity contribution in [2.75, 3.05) is 0 Å². The number of nitrogens with zero attached hydrogens (tertiary/aromatic N) is 1. The Morgan fingerprint density at radius 2 is 2.14 bits per heavy atom. The molecule has 0 aromatic carbocycles. The zero-order valence-corrected chi connectivity index (χ0v) is 12.2. The normalized spacial score (nSPS) is 10.7. The smallest absolute Gasteiger partial charge is 0.328 e. The number of carboxylic acid groups (broad SMARTS) is 1. The van der Waals surface area contributed by atoms with E-state index in [4.69, 9.17) is 5.11 Å². The Kier molecular flexibility index (Phi) is 4.84. The average molecular weight is 302 g/mol. The van der Waals surface area contributed by atoms with Crippen molar-refractivity contribution in [3.05, 3.63) is 57.6 Å². The average Bonchev–Trinajstić information content (AvgIpc) is 2.89. The molecule has 0 aliphatic heterocycles. The molecule has 2 aromatic rings. The van der Waals surface area contributed by atoms with Crippen molar-refractivity contribution >= 4 is 29.3 Å². The van der Waals surface area contributed by atoms with Crippen molar-refractivity contribution in [1.82, 2.24) is 10.3 Å². The van der Waals surface area contributed by atoms with Crippen molar-refractivity contribution < 1.29 is 14.7 Å². The third-order valence-electron chi connectivity index (χ3n) is 2.66. The molecule has 1 amide bonds. The number of thiophene rings is 1. The number of aliphatic carboxylic acids is 1. The predicted octanol–water partition coefficient (Wildman–Crippen LogP) is 2.48. The lowest BCUT2D eigenvalue weighted by atomic mass is 10.2. The van der Waals surface area contributed by atoms with Crippen molar-refractivity contribution in [3.8, 4) is 0 Å². The number of amides is 1. The molecule has 0 aliphatic carbocycles. The molecule has 0 unspecified atom stereocenters. The lowest BCUT2D eigenvalue weighted by Crippen LogP contribution is -2.23. The van der Waals surface area contributed by atoms with Crippen LogP contribution in [-0.2, 0) is 11.3 Å². The maximum Gasteiger partial charge on any atom is 0.328 e. The Morgan fingerprint density at radius 3 is 2.71 bits per heavy atom. The predicted molar refractivity (Wildman–Crippen MR) is 81.1 cm³/mol. The van der Waals surface area contributed by atoms with Gasteiger partial charge in [-0.15, -0.1) is 11.3 Å². The van der Waals surface area contributed by atoms with E-state index in [0.29, 0.717) is 17.8 Å². The standard InChI is InChI=1S/C15H14N2O3S/c1-10-2-5-12(21-10)9-17-15(20)13-6-3-11(8-16-13)4-7-14(18)19/h2-8H,9H2,1H3,(H,17,20)(H,18,19). The largest absolute Gasteiger partial charge is 0.478 e. The number of hydrogen-bond acceptors (Lipinski definition) is 4. The van der Waals surface area contributed by atoms with E-state index in [1.54, 1.807) is 23.5 Å². The Morgan fingerprint density at radius 1 is 1.33 bits per heavy atom. The van der Waals surface area contributed by atoms with Crippen molar-refractivity contribution in [3.63, 3.8) is 0 Å². The van der Waals surface area contributed by atoms with Gasteiger partial charge in [0.25, 0.3) is 5.91 Å². The van der Waals surface area contributed by atoms with E-state index in [9.17, 15) is 9.59 Å². The van der Waals surface area contributed by atoms with Gasteiger partial charge in [-0.25, -0.2) is 4.79 Å². The number of aromatic nitrogens is 1. The zero-order chi connectivity index (χ0) is 15.2. The SMILES string of the molecule is Cc1ccc(CNC(=O)c2ccc(C=CC(=O)O)cn2)s1. The number of aryl methyl sites for hydroxylation is 1. The molecule has 0 saturated carbocycles. The van der Waals surface area contributed by atoms with Crippen LogP contribution in [0, 0.1) is 6.92 Å². The molecule has 0 saturated heterocycles. The fourth-order valence-electron chi connectivity index (χ4n) is 1.64. The van der Waals surface area contributed by atoms with E-state index < -0.39 is 5.97 Å². The number of nitrogens with one attached hydrogen (secondary N) is 1.